The maximum absolute atomic E-state index is 14.0. The van der Waals surface area contributed by atoms with Gasteiger partial charge in [0.25, 0.3) is 10.0 Å². The lowest BCUT2D eigenvalue weighted by Crippen LogP contribution is -2.53. The van der Waals surface area contributed by atoms with Crippen LogP contribution in [-0.2, 0) is 26.2 Å². The quantitative estimate of drug-likeness (QED) is 0.340. The number of anilines is 1. The summed E-state index contributed by atoms with van der Waals surface area (Å²) in [5, 5.41) is 2.96. The lowest BCUT2D eigenvalue weighted by atomic mass is 10.1. The molecule has 208 valence electrons. The minimum atomic E-state index is -4.24. The summed E-state index contributed by atoms with van der Waals surface area (Å²) < 4.78 is 42.0. The van der Waals surface area contributed by atoms with Crippen LogP contribution < -0.4 is 9.62 Å². The fourth-order valence-electron chi connectivity index (χ4n) is 4.22. The van der Waals surface area contributed by atoms with Gasteiger partial charge in [-0.1, -0.05) is 61.9 Å². The molecule has 2 atom stereocenters. The molecule has 2 unspecified atom stereocenters. The standard InChI is InChI=1S/C30H36FN3O4S/c1-5-23(4)32-30(36)28(6-2)33(20-24-12-10-11-22(3)19-24)29(35)21-34(26-13-8-7-9-14-26)39(37,38)27-17-15-25(31)16-18-27/h7-19,23,28H,5-6,20-21H2,1-4H3,(H,32,36). The third-order valence-electron chi connectivity index (χ3n) is 6.55. The summed E-state index contributed by atoms with van der Waals surface area (Å²) in [7, 11) is -4.24. The highest BCUT2D eigenvalue weighted by atomic mass is 32.2. The van der Waals surface area contributed by atoms with Gasteiger partial charge in [0.15, 0.2) is 0 Å². The van der Waals surface area contributed by atoms with Crippen molar-refractivity contribution in [2.45, 2.75) is 64.1 Å². The topological polar surface area (TPSA) is 86.8 Å². The smallest absolute Gasteiger partial charge is 0.264 e. The molecule has 0 heterocycles. The first-order valence-electron chi connectivity index (χ1n) is 13.1. The van der Waals surface area contributed by atoms with Crippen molar-refractivity contribution in [3.63, 3.8) is 0 Å². The number of carbonyl (C=O) groups excluding carboxylic acids is 2. The van der Waals surface area contributed by atoms with Crippen LogP contribution in [0.1, 0.15) is 44.7 Å². The Labute approximate surface area is 230 Å². The van der Waals surface area contributed by atoms with E-state index in [1.54, 1.807) is 30.3 Å². The van der Waals surface area contributed by atoms with E-state index >= 15 is 0 Å². The highest BCUT2D eigenvalue weighted by molar-refractivity contribution is 7.92. The molecule has 0 aliphatic carbocycles. The number of hydrogen-bond acceptors (Lipinski definition) is 4. The molecule has 2 amide bonds. The van der Waals surface area contributed by atoms with Gasteiger partial charge in [-0.05, 0) is 68.7 Å². The van der Waals surface area contributed by atoms with E-state index in [0.717, 1.165) is 34.0 Å². The number of rotatable bonds is 12. The first kappa shape index (κ1) is 29.8. The number of sulfonamides is 1. The molecule has 0 spiro atoms. The zero-order chi connectivity index (χ0) is 28.6. The van der Waals surface area contributed by atoms with Crippen molar-refractivity contribution < 1.29 is 22.4 Å². The summed E-state index contributed by atoms with van der Waals surface area (Å²) in [6, 6.07) is 19.5. The minimum absolute atomic E-state index is 0.0813. The number of benzene rings is 3. The SMILES string of the molecule is CCC(C)NC(=O)C(CC)N(Cc1cccc(C)c1)C(=O)CN(c1ccccc1)S(=O)(=O)c1ccc(F)cc1. The van der Waals surface area contributed by atoms with Crippen LogP contribution in [0.25, 0.3) is 0 Å². The molecule has 0 saturated carbocycles. The zero-order valence-corrected chi connectivity index (χ0v) is 23.6. The van der Waals surface area contributed by atoms with Gasteiger partial charge in [0, 0.05) is 12.6 Å². The van der Waals surface area contributed by atoms with Crippen LogP contribution in [0.4, 0.5) is 10.1 Å². The third kappa shape index (κ3) is 7.66. The Bertz CT molecular complexity index is 1360. The third-order valence-corrected chi connectivity index (χ3v) is 8.34. The van der Waals surface area contributed by atoms with E-state index in [1.165, 1.54) is 17.0 Å². The number of carbonyl (C=O) groups is 2. The number of para-hydroxylation sites is 1. The van der Waals surface area contributed by atoms with E-state index < -0.39 is 34.3 Å². The van der Waals surface area contributed by atoms with Crippen molar-refractivity contribution in [2.24, 2.45) is 0 Å². The fraction of sp³-hybridized carbons (Fsp3) is 0.333. The average Bonchev–Trinajstić information content (AvgIpc) is 2.92. The van der Waals surface area contributed by atoms with Crippen molar-refractivity contribution in [3.8, 4) is 0 Å². The molecule has 3 aromatic carbocycles. The summed E-state index contributed by atoms with van der Waals surface area (Å²) in [5.74, 6) is -1.39. The van der Waals surface area contributed by atoms with Crippen molar-refractivity contribution in [3.05, 3.63) is 95.8 Å². The van der Waals surface area contributed by atoms with Gasteiger partial charge in [0.2, 0.25) is 11.8 Å². The van der Waals surface area contributed by atoms with E-state index in [-0.39, 0.29) is 29.1 Å². The van der Waals surface area contributed by atoms with Gasteiger partial charge < -0.3 is 10.2 Å². The Balaban J connectivity index is 2.03. The van der Waals surface area contributed by atoms with Gasteiger partial charge in [0.1, 0.15) is 18.4 Å². The number of amides is 2. The van der Waals surface area contributed by atoms with E-state index in [2.05, 4.69) is 5.32 Å². The van der Waals surface area contributed by atoms with Crippen LogP contribution in [0, 0.1) is 12.7 Å². The molecular formula is C30H36FN3O4S. The van der Waals surface area contributed by atoms with Gasteiger partial charge in [-0.25, -0.2) is 12.8 Å². The molecule has 0 aliphatic heterocycles. The Morgan fingerprint density at radius 1 is 0.923 bits per heavy atom. The predicted octanol–water partition coefficient (Wildman–Crippen LogP) is 5.05. The molecule has 0 radical (unpaired) electrons. The fourth-order valence-corrected chi connectivity index (χ4v) is 5.64. The van der Waals surface area contributed by atoms with Crippen LogP contribution in [-0.4, -0.2) is 43.8 Å². The monoisotopic (exact) mass is 553 g/mol. The van der Waals surface area contributed by atoms with Gasteiger partial charge in [0.05, 0.1) is 10.6 Å². The lowest BCUT2D eigenvalue weighted by Gasteiger charge is -2.33. The molecule has 9 heteroatoms. The summed E-state index contributed by atoms with van der Waals surface area (Å²) in [6.45, 7) is 7.20. The second-order valence-corrected chi connectivity index (χ2v) is 11.4. The van der Waals surface area contributed by atoms with Crippen LogP contribution in [0.3, 0.4) is 0 Å². The van der Waals surface area contributed by atoms with E-state index in [4.69, 9.17) is 0 Å². The van der Waals surface area contributed by atoms with Crippen molar-refractivity contribution in [2.75, 3.05) is 10.8 Å². The maximum Gasteiger partial charge on any atom is 0.264 e. The Morgan fingerprint density at radius 3 is 2.18 bits per heavy atom. The van der Waals surface area contributed by atoms with E-state index in [9.17, 15) is 22.4 Å². The average molecular weight is 554 g/mol. The van der Waals surface area contributed by atoms with Crippen molar-refractivity contribution in [1.29, 1.82) is 0 Å². The summed E-state index contributed by atoms with van der Waals surface area (Å²) >= 11 is 0. The molecule has 1 N–H and O–H groups in total. The maximum atomic E-state index is 14.0. The second kappa shape index (κ2) is 13.4. The van der Waals surface area contributed by atoms with Crippen LogP contribution in [0.5, 0.6) is 0 Å². The number of aryl methyl sites for hydroxylation is 1. The predicted molar refractivity (Wildman–Crippen MR) is 151 cm³/mol. The highest BCUT2D eigenvalue weighted by Crippen LogP contribution is 2.25. The van der Waals surface area contributed by atoms with Crippen LogP contribution in [0.2, 0.25) is 0 Å². The minimum Gasteiger partial charge on any atom is -0.352 e. The molecule has 0 bridgehead atoms. The van der Waals surface area contributed by atoms with Gasteiger partial charge in [-0.2, -0.15) is 0 Å². The summed E-state index contributed by atoms with van der Waals surface area (Å²) in [6.07, 6.45) is 1.07. The van der Waals surface area contributed by atoms with Gasteiger partial charge >= 0.3 is 0 Å². The molecule has 3 rings (SSSR count). The van der Waals surface area contributed by atoms with Gasteiger partial charge in [-0.15, -0.1) is 0 Å². The summed E-state index contributed by atoms with van der Waals surface area (Å²) in [4.78, 5) is 28.6. The molecule has 0 fully saturated rings. The molecular weight excluding hydrogens is 517 g/mol. The first-order valence-corrected chi connectivity index (χ1v) is 14.5. The molecule has 7 nitrogen and oxygen atoms in total. The summed E-state index contributed by atoms with van der Waals surface area (Å²) in [5.41, 5.74) is 2.11. The largest absolute Gasteiger partial charge is 0.352 e. The lowest BCUT2D eigenvalue weighted by molar-refractivity contribution is -0.140. The number of halogens is 1. The number of hydrogen-bond donors (Lipinski definition) is 1. The van der Waals surface area contributed by atoms with Gasteiger partial charge in [-0.3, -0.25) is 13.9 Å². The first-order chi connectivity index (χ1) is 18.6. The van der Waals surface area contributed by atoms with E-state index in [1.807, 2.05) is 52.0 Å². The molecule has 3 aromatic rings. The van der Waals surface area contributed by atoms with Crippen LogP contribution >= 0.6 is 0 Å². The Hall–Kier alpha value is -3.72. The Morgan fingerprint density at radius 2 is 1.59 bits per heavy atom. The van der Waals surface area contributed by atoms with Crippen LogP contribution in [0.15, 0.2) is 83.8 Å². The Kier molecular flexibility index (Phi) is 10.2. The number of nitrogens with one attached hydrogen (secondary N) is 1. The molecule has 0 aromatic heterocycles. The zero-order valence-electron chi connectivity index (χ0n) is 22.8. The van der Waals surface area contributed by atoms with Crippen molar-refractivity contribution >= 4 is 27.5 Å². The molecule has 39 heavy (non-hydrogen) atoms. The second-order valence-electron chi connectivity index (χ2n) is 9.55. The van der Waals surface area contributed by atoms with Crippen molar-refractivity contribution in [1.82, 2.24) is 10.2 Å². The molecule has 0 saturated heterocycles. The molecule has 0 aliphatic rings. The normalized spacial score (nSPS) is 12.8. The highest BCUT2D eigenvalue weighted by Gasteiger charge is 2.34. The number of nitrogens with zero attached hydrogens (tertiary/aromatic N) is 2. The van der Waals surface area contributed by atoms with E-state index in [0.29, 0.717) is 6.42 Å².